The van der Waals surface area contributed by atoms with E-state index in [1.807, 2.05) is 6.07 Å². The number of alkyl halides is 3. The normalized spacial score (nSPS) is 10.9. The number of carbonyl (C=O) groups excluding carboxylic acids is 1. The van der Waals surface area contributed by atoms with Crippen molar-refractivity contribution in [3.63, 3.8) is 0 Å². The van der Waals surface area contributed by atoms with Crippen molar-refractivity contribution in [1.29, 1.82) is 5.26 Å². The van der Waals surface area contributed by atoms with Gasteiger partial charge in [0.05, 0.1) is 18.1 Å². The molecule has 0 spiro atoms. The molecule has 0 radical (unpaired) electrons. The number of carbonyl (C=O) groups is 1. The van der Waals surface area contributed by atoms with E-state index in [-0.39, 0.29) is 18.9 Å². The van der Waals surface area contributed by atoms with E-state index in [2.05, 4.69) is 0 Å². The molecule has 0 unspecified atom stereocenters. The first kappa shape index (κ1) is 15.0. The van der Waals surface area contributed by atoms with E-state index in [1.54, 1.807) is 6.92 Å². The van der Waals surface area contributed by atoms with Gasteiger partial charge in [0.25, 0.3) is 0 Å². The largest absolute Gasteiger partial charge is 0.416 e. The SMILES string of the molecule is CCN(CC#N)C(=O)Cc1ccc(C(F)(F)F)cc1. The van der Waals surface area contributed by atoms with Crippen LogP contribution in [-0.2, 0) is 17.4 Å². The van der Waals surface area contributed by atoms with Crippen LogP contribution in [0.1, 0.15) is 18.1 Å². The van der Waals surface area contributed by atoms with Gasteiger partial charge in [-0.05, 0) is 24.6 Å². The van der Waals surface area contributed by atoms with Gasteiger partial charge in [0.1, 0.15) is 6.54 Å². The van der Waals surface area contributed by atoms with Gasteiger partial charge >= 0.3 is 6.18 Å². The zero-order valence-corrected chi connectivity index (χ0v) is 10.4. The molecule has 1 aromatic rings. The van der Waals surface area contributed by atoms with Crippen molar-refractivity contribution in [2.45, 2.75) is 19.5 Å². The van der Waals surface area contributed by atoms with Crippen LogP contribution in [0.3, 0.4) is 0 Å². The van der Waals surface area contributed by atoms with Gasteiger partial charge in [-0.25, -0.2) is 0 Å². The van der Waals surface area contributed by atoms with Crippen molar-refractivity contribution in [3.05, 3.63) is 35.4 Å². The molecule has 0 aliphatic rings. The highest BCUT2D eigenvalue weighted by molar-refractivity contribution is 5.79. The van der Waals surface area contributed by atoms with Crippen LogP contribution >= 0.6 is 0 Å². The summed E-state index contributed by atoms with van der Waals surface area (Å²) in [6.45, 7) is 2.12. The molecule has 1 amide bonds. The maximum absolute atomic E-state index is 12.4. The number of benzene rings is 1. The molecule has 0 aliphatic heterocycles. The smallest absolute Gasteiger partial charge is 0.329 e. The molecule has 102 valence electrons. The maximum atomic E-state index is 12.4. The number of rotatable bonds is 4. The highest BCUT2D eigenvalue weighted by Crippen LogP contribution is 2.29. The van der Waals surface area contributed by atoms with Gasteiger partial charge < -0.3 is 4.90 Å². The van der Waals surface area contributed by atoms with Gasteiger partial charge in [0, 0.05) is 6.54 Å². The summed E-state index contributed by atoms with van der Waals surface area (Å²) >= 11 is 0. The van der Waals surface area contributed by atoms with Gasteiger partial charge in [-0.3, -0.25) is 4.79 Å². The molecule has 0 aliphatic carbocycles. The van der Waals surface area contributed by atoms with E-state index in [4.69, 9.17) is 5.26 Å². The molecular weight excluding hydrogens is 257 g/mol. The Labute approximate surface area is 109 Å². The lowest BCUT2D eigenvalue weighted by Crippen LogP contribution is -2.32. The van der Waals surface area contributed by atoms with Gasteiger partial charge in [-0.15, -0.1) is 0 Å². The molecule has 1 rings (SSSR count). The molecule has 0 saturated heterocycles. The first-order valence-electron chi connectivity index (χ1n) is 5.69. The maximum Gasteiger partial charge on any atom is 0.416 e. The average molecular weight is 270 g/mol. The van der Waals surface area contributed by atoms with Crippen molar-refractivity contribution in [2.24, 2.45) is 0 Å². The van der Waals surface area contributed by atoms with Crippen molar-refractivity contribution >= 4 is 5.91 Å². The van der Waals surface area contributed by atoms with Crippen LogP contribution in [0.25, 0.3) is 0 Å². The van der Waals surface area contributed by atoms with E-state index >= 15 is 0 Å². The van der Waals surface area contributed by atoms with Gasteiger partial charge in [-0.1, -0.05) is 12.1 Å². The standard InChI is InChI=1S/C13H13F3N2O/c1-2-18(8-7-17)12(19)9-10-3-5-11(6-4-10)13(14,15)16/h3-6H,2,8-9H2,1H3. The fourth-order valence-electron chi connectivity index (χ4n) is 1.56. The van der Waals surface area contributed by atoms with E-state index in [9.17, 15) is 18.0 Å². The quantitative estimate of drug-likeness (QED) is 0.789. The fraction of sp³-hybridized carbons (Fsp3) is 0.385. The van der Waals surface area contributed by atoms with Crippen LogP contribution in [0.15, 0.2) is 24.3 Å². The zero-order valence-electron chi connectivity index (χ0n) is 10.4. The first-order valence-corrected chi connectivity index (χ1v) is 5.69. The number of amides is 1. The number of halogens is 3. The Hall–Kier alpha value is -2.03. The van der Waals surface area contributed by atoms with Crippen LogP contribution in [-0.4, -0.2) is 23.9 Å². The van der Waals surface area contributed by atoms with Gasteiger partial charge in [0.15, 0.2) is 0 Å². The molecule has 0 fully saturated rings. The predicted molar refractivity (Wildman–Crippen MR) is 63.0 cm³/mol. The molecule has 1 aromatic carbocycles. The molecule has 0 N–H and O–H groups in total. The highest BCUT2D eigenvalue weighted by Gasteiger charge is 2.30. The Kier molecular flexibility index (Phi) is 4.93. The number of hydrogen-bond acceptors (Lipinski definition) is 2. The molecule has 0 bridgehead atoms. The van der Waals surface area contributed by atoms with Crippen LogP contribution in [0, 0.1) is 11.3 Å². The second kappa shape index (κ2) is 6.23. The lowest BCUT2D eigenvalue weighted by molar-refractivity contribution is -0.137. The summed E-state index contributed by atoms with van der Waals surface area (Å²) in [7, 11) is 0. The molecule has 3 nitrogen and oxygen atoms in total. The summed E-state index contributed by atoms with van der Waals surface area (Å²) in [6, 6.07) is 6.32. The molecule has 0 aromatic heterocycles. The van der Waals surface area contributed by atoms with Crippen LogP contribution in [0.2, 0.25) is 0 Å². The minimum Gasteiger partial charge on any atom is -0.329 e. The van der Waals surface area contributed by atoms with Gasteiger partial charge in [0.2, 0.25) is 5.91 Å². The van der Waals surface area contributed by atoms with Crippen molar-refractivity contribution in [2.75, 3.05) is 13.1 Å². The number of nitriles is 1. The predicted octanol–water partition coefficient (Wildman–Crippen LogP) is 2.62. The van der Waals surface area contributed by atoms with Crippen molar-refractivity contribution in [1.82, 2.24) is 4.90 Å². The Morgan fingerprint density at radius 1 is 1.32 bits per heavy atom. The second-order valence-corrected chi connectivity index (χ2v) is 3.94. The summed E-state index contributed by atoms with van der Waals surface area (Å²) in [5.74, 6) is -0.274. The van der Waals surface area contributed by atoms with Crippen molar-refractivity contribution < 1.29 is 18.0 Å². The number of nitrogens with zero attached hydrogens (tertiary/aromatic N) is 2. The van der Waals surface area contributed by atoms with E-state index in [1.165, 1.54) is 17.0 Å². The topological polar surface area (TPSA) is 44.1 Å². The molecule has 0 heterocycles. The Bertz CT molecular complexity index is 474. The summed E-state index contributed by atoms with van der Waals surface area (Å²) in [4.78, 5) is 13.1. The summed E-state index contributed by atoms with van der Waals surface area (Å²) < 4.78 is 37.1. The van der Waals surface area contributed by atoms with Crippen LogP contribution < -0.4 is 0 Å². The molecular formula is C13H13F3N2O. The first-order chi connectivity index (χ1) is 8.88. The van der Waals surface area contributed by atoms with Crippen molar-refractivity contribution in [3.8, 4) is 6.07 Å². The fourth-order valence-corrected chi connectivity index (χ4v) is 1.56. The highest BCUT2D eigenvalue weighted by atomic mass is 19.4. The third-order valence-electron chi connectivity index (χ3n) is 2.63. The van der Waals surface area contributed by atoms with Crippen LogP contribution in [0.4, 0.5) is 13.2 Å². The Morgan fingerprint density at radius 3 is 2.32 bits per heavy atom. The third-order valence-corrected chi connectivity index (χ3v) is 2.63. The minimum atomic E-state index is -4.38. The summed E-state index contributed by atoms with van der Waals surface area (Å²) in [5, 5.41) is 8.54. The number of likely N-dealkylation sites (N-methyl/N-ethyl adjacent to an activating group) is 1. The lowest BCUT2D eigenvalue weighted by atomic mass is 10.1. The van der Waals surface area contributed by atoms with E-state index in [0.717, 1.165) is 12.1 Å². The van der Waals surface area contributed by atoms with E-state index < -0.39 is 11.7 Å². The zero-order chi connectivity index (χ0) is 14.5. The Morgan fingerprint density at radius 2 is 1.89 bits per heavy atom. The van der Waals surface area contributed by atoms with E-state index in [0.29, 0.717) is 12.1 Å². The summed E-state index contributed by atoms with van der Waals surface area (Å²) in [6.07, 6.45) is -4.38. The second-order valence-electron chi connectivity index (χ2n) is 3.94. The van der Waals surface area contributed by atoms with Crippen LogP contribution in [0.5, 0.6) is 0 Å². The van der Waals surface area contributed by atoms with Gasteiger partial charge in [-0.2, -0.15) is 18.4 Å². The molecule has 0 saturated carbocycles. The monoisotopic (exact) mass is 270 g/mol. The summed E-state index contributed by atoms with van der Waals surface area (Å²) in [5.41, 5.74) is -0.248. The minimum absolute atomic E-state index is 0.00629. The molecule has 6 heteroatoms. The number of hydrogen-bond donors (Lipinski definition) is 0. The molecule has 0 atom stereocenters. The average Bonchev–Trinajstić information content (AvgIpc) is 2.35. The third kappa shape index (κ3) is 4.28. The lowest BCUT2D eigenvalue weighted by Gasteiger charge is -2.17. The molecule has 19 heavy (non-hydrogen) atoms. The Balaban J connectivity index is 2.73.